The highest BCUT2D eigenvalue weighted by Gasteiger charge is 2.19. The molecule has 0 spiro atoms. The highest BCUT2D eigenvalue weighted by atomic mass is 16.5. The number of amides is 1. The maximum atomic E-state index is 11.6. The van der Waals surface area contributed by atoms with Crippen LogP contribution in [-0.2, 0) is 11.4 Å². The topological polar surface area (TPSA) is 86.5 Å². The molecule has 6 nitrogen and oxygen atoms in total. The maximum absolute atomic E-state index is 11.6. The fraction of sp³-hybridized carbons (Fsp3) is 0.429. The molecule has 1 aliphatic heterocycles. The molecule has 0 saturated heterocycles. The maximum Gasteiger partial charge on any atom is 0.225 e. The van der Waals surface area contributed by atoms with E-state index in [1.165, 1.54) is 0 Å². The molecule has 2 heterocycles. The first-order chi connectivity index (χ1) is 13.0. The van der Waals surface area contributed by atoms with Crippen molar-refractivity contribution in [3.8, 4) is 22.6 Å². The Bertz CT molecular complexity index is 820. The molecule has 0 saturated carbocycles. The van der Waals surface area contributed by atoms with Crippen molar-refractivity contribution < 1.29 is 14.3 Å². The number of benzene rings is 1. The lowest BCUT2D eigenvalue weighted by Gasteiger charge is -2.22. The number of pyridine rings is 1. The predicted octanol–water partition coefficient (Wildman–Crippen LogP) is 3.74. The first-order valence-electron chi connectivity index (χ1n) is 9.40. The van der Waals surface area contributed by atoms with Crippen molar-refractivity contribution in [2.24, 2.45) is 11.7 Å². The molecule has 1 atom stereocenters. The van der Waals surface area contributed by atoms with Crippen molar-refractivity contribution in [2.75, 3.05) is 11.9 Å². The summed E-state index contributed by atoms with van der Waals surface area (Å²) in [6, 6.07) is 7.69. The van der Waals surface area contributed by atoms with Crippen LogP contribution in [0.2, 0.25) is 0 Å². The van der Waals surface area contributed by atoms with E-state index >= 15 is 0 Å². The lowest BCUT2D eigenvalue weighted by atomic mass is 9.98. The Morgan fingerprint density at radius 2 is 2.15 bits per heavy atom. The van der Waals surface area contributed by atoms with Crippen molar-refractivity contribution in [3.05, 3.63) is 36.0 Å². The molecule has 144 valence electrons. The van der Waals surface area contributed by atoms with E-state index in [1.54, 1.807) is 6.20 Å². The average molecular weight is 369 g/mol. The monoisotopic (exact) mass is 369 g/mol. The van der Waals surface area contributed by atoms with E-state index in [1.807, 2.05) is 31.2 Å². The number of hydrogen-bond donors (Lipinski definition) is 2. The Labute approximate surface area is 160 Å². The minimum Gasteiger partial charge on any atom is -0.492 e. The molecule has 0 bridgehead atoms. The van der Waals surface area contributed by atoms with Gasteiger partial charge in [-0.15, -0.1) is 0 Å². The lowest BCUT2D eigenvalue weighted by molar-refractivity contribution is -0.115. The molecule has 0 fully saturated rings. The second-order valence-corrected chi connectivity index (χ2v) is 7.28. The van der Waals surface area contributed by atoms with Crippen LogP contribution in [0, 0.1) is 5.92 Å². The average Bonchev–Trinajstić information content (AvgIpc) is 2.65. The van der Waals surface area contributed by atoms with Crippen LogP contribution in [0.5, 0.6) is 11.5 Å². The van der Waals surface area contributed by atoms with Crippen molar-refractivity contribution in [1.82, 2.24) is 4.98 Å². The smallest absolute Gasteiger partial charge is 0.225 e. The SMILES string of the molecule is CCC(=O)Nc1cc2c(cn1)COc1cc(OC[C@@H](N)CC(C)C)ccc1-2. The summed E-state index contributed by atoms with van der Waals surface area (Å²) in [7, 11) is 0. The second-order valence-electron chi connectivity index (χ2n) is 7.28. The number of hydrogen-bond acceptors (Lipinski definition) is 5. The quantitative estimate of drug-likeness (QED) is 0.776. The van der Waals surface area contributed by atoms with Crippen molar-refractivity contribution >= 4 is 11.7 Å². The predicted molar refractivity (Wildman–Crippen MR) is 106 cm³/mol. The Hall–Kier alpha value is -2.60. The van der Waals surface area contributed by atoms with Crippen LogP contribution in [-0.4, -0.2) is 23.5 Å². The van der Waals surface area contributed by atoms with Gasteiger partial charge in [0.05, 0.1) is 0 Å². The van der Waals surface area contributed by atoms with E-state index in [4.69, 9.17) is 15.2 Å². The van der Waals surface area contributed by atoms with Gasteiger partial charge in [0.15, 0.2) is 0 Å². The second kappa shape index (κ2) is 8.39. The minimum absolute atomic E-state index is 0.0125. The molecular weight excluding hydrogens is 342 g/mol. The van der Waals surface area contributed by atoms with Crippen LogP contribution in [0.15, 0.2) is 30.5 Å². The fourth-order valence-corrected chi connectivity index (χ4v) is 3.12. The molecule has 0 unspecified atom stereocenters. The summed E-state index contributed by atoms with van der Waals surface area (Å²) >= 11 is 0. The summed E-state index contributed by atoms with van der Waals surface area (Å²) in [5, 5.41) is 2.80. The van der Waals surface area contributed by atoms with Gasteiger partial charge in [-0.05, 0) is 36.1 Å². The third kappa shape index (κ3) is 4.77. The number of carbonyl (C=O) groups excluding carboxylic acids is 1. The van der Waals surface area contributed by atoms with Gasteiger partial charge in [0.2, 0.25) is 5.91 Å². The first kappa shape index (κ1) is 19.2. The third-order valence-electron chi connectivity index (χ3n) is 4.44. The normalized spacial score (nSPS) is 13.4. The molecule has 1 amide bonds. The summed E-state index contributed by atoms with van der Waals surface area (Å²) in [6.07, 6.45) is 3.09. The number of anilines is 1. The van der Waals surface area contributed by atoms with Crippen molar-refractivity contribution in [3.63, 3.8) is 0 Å². The van der Waals surface area contributed by atoms with Gasteiger partial charge < -0.3 is 20.5 Å². The third-order valence-corrected chi connectivity index (χ3v) is 4.44. The van der Waals surface area contributed by atoms with Crippen LogP contribution < -0.4 is 20.5 Å². The first-order valence-corrected chi connectivity index (χ1v) is 9.40. The van der Waals surface area contributed by atoms with Gasteiger partial charge in [-0.2, -0.15) is 0 Å². The zero-order valence-corrected chi connectivity index (χ0v) is 16.1. The van der Waals surface area contributed by atoms with Gasteiger partial charge >= 0.3 is 0 Å². The van der Waals surface area contributed by atoms with E-state index in [0.717, 1.165) is 34.6 Å². The number of carbonyl (C=O) groups is 1. The van der Waals surface area contributed by atoms with Crippen molar-refractivity contribution in [2.45, 2.75) is 46.3 Å². The number of ether oxygens (including phenoxy) is 2. The number of nitrogens with two attached hydrogens (primary N) is 1. The summed E-state index contributed by atoms with van der Waals surface area (Å²) in [4.78, 5) is 15.9. The molecule has 6 heteroatoms. The fourth-order valence-electron chi connectivity index (χ4n) is 3.12. The van der Waals surface area contributed by atoms with Gasteiger partial charge in [-0.3, -0.25) is 4.79 Å². The molecule has 1 aromatic heterocycles. The molecular formula is C21H27N3O3. The Balaban J connectivity index is 1.77. The molecule has 1 aromatic carbocycles. The Kier molecular flexibility index (Phi) is 5.96. The highest BCUT2D eigenvalue weighted by Crippen LogP contribution is 2.40. The van der Waals surface area contributed by atoms with Crippen LogP contribution in [0.3, 0.4) is 0 Å². The highest BCUT2D eigenvalue weighted by molar-refractivity contribution is 5.90. The van der Waals surface area contributed by atoms with Crippen LogP contribution in [0.1, 0.15) is 39.2 Å². The standard InChI is InChI=1S/C21H27N3O3/c1-4-21(25)24-20-9-18-14(10-23-20)11-27-19-8-16(5-6-17(18)19)26-12-15(22)7-13(2)3/h5-6,8-10,13,15H,4,7,11-12,22H2,1-3H3,(H,23,24,25)/t15-/m0/s1. The van der Waals surface area contributed by atoms with E-state index in [-0.39, 0.29) is 11.9 Å². The summed E-state index contributed by atoms with van der Waals surface area (Å²) in [5.74, 6) is 2.54. The van der Waals surface area contributed by atoms with Gasteiger partial charge in [-0.25, -0.2) is 4.98 Å². The largest absolute Gasteiger partial charge is 0.492 e. The van der Waals surface area contributed by atoms with Gasteiger partial charge in [0, 0.05) is 35.9 Å². The van der Waals surface area contributed by atoms with E-state index in [2.05, 4.69) is 24.1 Å². The van der Waals surface area contributed by atoms with E-state index < -0.39 is 0 Å². The molecule has 1 aliphatic rings. The molecule has 3 N–H and O–H groups in total. The number of rotatable bonds is 7. The number of fused-ring (bicyclic) bond motifs is 3. The minimum atomic E-state index is -0.0591. The summed E-state index contributed by atoms with van der Waals surface area (Å²) < 4.78 is 11.7. The zero-order chi connectivity index (χ0) is 19.4. The van der Waals surface area contributed by atoms with E-state index in [9.17, 15) is 4.79 Å². The van der Waals surface area contributed by atoms with Crippen LogP contribution in [0.25, 0.3) is 11.1 Å². The number of aromatic nitrogens is 1. The Morgan fingerprint density at radius 3 is 2.89 bits per heavy atom. The number of nitrogens with one attached hydrogen (secondary N) is 1. The van der Waals surface area contributed by atoms with E-state index in [0.29, 0.717) is 31.4 Å². The molecule has 0 aliphatic carbocycles. The Morgan fingerprint density at radius 1 is 1.33 bits per heavy atom. The number of nitrogens with zero attached hydrogens (tertiary/aromatic N) is 1. The summed E-state index contributed by atoms with van der Waals surface area (Å²) in [6.45, 7) is 7.02. The molecule has 0 radical (unpaired) electrons. The van der Waals surface area contributed by atoms with Crippen LogP contribution >= 0.6 is 0 Å². The molecule has 27 heavy (non-hydrogen) atoms. The molecule has 2 aromatic rings. The van der Waals surface area contributed by atoms with Crippen LogP contribution in [0.4, 0.5) is 5.82 Å². The van der Waals surface area contributed by atoms with Gasteiger partial charge in [0.25, 0.3) is 0 Å². The lowest BCUT2D eigenvalue weighted by Crippen LogP contribution is -2.29. The zero-order valence-electron chi connectivity index (χ0n) is 16.1. The van der Waals surface area contributed by atoms with Gasteiger partial charge in [0.1, 0.15) is 30.5 Å². The summed E-state index contributed by atoms with van der Waals surface area (Å²) in [5.41, 5.74) is 9.06. The molecule has 3 rings (SSSR count). The van der Waals surface area contributed by atoms with Crippen molar-refractivity contribution in [1.29, 1.82) is 0 Å². The van der Waals surface area contributed by atoms with Gasteiger partial charge in [-0.1, -0.05) is 20.8 Å².